The Morgan fingerprint density at radius 2 is 2.25 bits per heavy atom. The highest BCUT2D eigenvalue weighted by Gasteiger charge is 2.25. The number of carbonyl (C=O) groups excluding carboxylic acids is 1. The molecule has 6 heteroatoms. The zero-order valence-electron chi connectivity index (χ0n) is 8.76. The number of alkyl halides is 2. The second kappa shape index (κ2) is 5.21. The number of halogens is 3. The van der Waals surface area contributed by atoms with Crippen molar-refractivity contribution in [1.29, 1.82) is 0 Å². The van der Waals surface area contributed by atoms with Crippen LogP contribution < -0.4 is 0 Å². The third-order valence-electron chi connectivity index (χ3n) is 1.91. The van der Waals surface area contributed by atoms with Gasteiger partial charge in [0.2, 0.25) is 0 Å². The molecule has 1 aromatic rings. The number of carbonyl (C=O) groups is 1. The Morgan fingerprint density at radius 3 is 2.75 bits per heavy atom. The summed E-state index contributed by atoms with van der Waals surface area (Å²) in [5.74, 6) is -0.889. The summed E-state index contributed by atoms with van der Waals surface area (Å²) in [5.41, 5.74) is -0.599. The molecule has 0 bridgehead atoms. The Kier molecular flexibility index (Phi) is 4.18. The van der Waals surface area contributed by atoms with Crippen LogP contribution in [0.15, 0.2) is 6.20 Å². The van der Waals surface area contributed by atoms with Gasteiger partial charge in [0.05, 0.1) is 17.2 Å². The largest absolute Gasteiger partial charge is 0.461 e. The van der Waals surface area contributed by atoms with E-state index < -0.39 is 23.7 Å². The SMILES string of the molecule is CCOC(=O)c1ncc(C)c(Cl)c1C(F)F. The van der Waals surface area contributed by atoms with Crippen molar-refractivity contribution in [3.8, 4) is 0 Å². The van der Waals surface area contributed by atoms with Gasteiger partial charge in [-0.05, 0) is 19.4 Å². The van der Waals surface area contributed by atoms with Gasteiger partial charge in [0.15, 0.2) is 5.69 Å². The van der Waals surface area contributed by atoms with Crippen LogP contribution in [0.1, 0.15) is 35.0 Å². The zero-order valence-corrected chi connectivity index (χ0v) is 9.52. The molecule has 0 fully saturated rings. The van der Waals surface area contributed by atoms with Gasteiger partial charge < -0.3 is 4.74 Å². The van der Waals surface area contributed by atoms with Gasteiger partial charge in [-0.2, -0.15) is 0 Å². The molecule has 0 amide bonds. The number of pyridine rings is 1. The van der Waals surface area contributed by atoms with Gasteiger partial charge in [-0.15, -0.1) is 0 Å². The summed E-state index contributed by atoms with van der Waals surface area (Å²) in [5, 5.41) is -0.145. The number of esters is 1. The van der Waals surface area contributed by atoms with E-state index >= 15 is 0 Å². The van der Waals surface area contributed by atoms with Crippen LogP contribution in [0.2, 0.25) is 5.02 Å². The number of nitrogens with zero attached hydrogens (tertiary/aromatic N) is 1. The van der Waals surface area contributed by atoms with E-state index in [1.165, 1.54) is 13.1 Å². The molecule has 88 valence electrons. The first-order valence-electron chi connectivity index (χ1n) is 4.59. The fourth-order valence-corrected chi connectivity index (χ4v) is 1.39. The number of hydrogen-bond donors (Lipinski definition) is 0. The molecule has 16 heavy (non-hydrogen) atoms. The molecule has 0 spiro atoms. The van der Waals surface area contributed by atoms with Gasteiger partial charge in [-0.3, -0.25) is 0 Å². The molecule has 0 aliphatic carbocycles. The van der Waals surface area contributed by atoms with Gasteiger partial charge in [0.1, 0.15) is 0 Å². The average molecular weight is 250 g/mol. The molecule has 1 aromatic heterocycles. The quantitative estimate of drug-likeness (QED) is 0.773. The van der Waals surface area contributed by atoms with Crippen molar-refractivity contribution in [2.45, 2.75) is 20.3 Å². The van der Waals surface area contributed by atoms with Crippen molar-refractivity contribution in [1.82, 2.24) is 4.98 Å². The molecule has 0 aliphatic rings. The number of hydrogen-bond acceptors (Lipinski definition) is 3. The van der Waals surface area contributed by atoms with Crippen LogP contribution in [0.3, 0.4) is 0 Å². The fraction of sp³-hybridized carbons (Fsp3) is 0.400. The standard InChI is InChI=1S/C10H10ClF2NO2/c1-3-16-10(15)8-6(9(12)13)7(11)5(2)4-14-8/h4,9H,3H2,1-2H3. The molecule has 0 aromatic carbocycles. The van der Waals surface area contributed by atoms with Crippen LogP contribution >= 0.6 is 11.6 Å². The summed E-state index contributed by atoms with van der Waals surface area (Å²) < 4.78 is 30.1. The normalized spacial score (nSPS) is 10.6. The Morgan fingerprint density at radius 1 is 1.62 bits per heavy atom. The number of aryl methyl sites for hydroxylation is 1. The molecule has 0 saturated carbocycles. The Bertz CT molecular complexity index is 410. The third kappa shape index (κ3) is 2.47. The summed E-state index contributed by atoms with van der Waals surface area (Å²) in [7, 11) is 0. The number of aromatic nitrogens is 1. The summed E-state index contributed by atoms with van der Waals surface area (Å²) >= 11 is 5.71. The van der Waals surface area contributed by atoms with E-state index in [9.17, 15) is 13.6 Å². The molecule has 0 radical (unpaired) electrons. The highest BCUT2D eigenvalue weighted by molar-refractivity contribution is 6.32. The minimum atomic E-state index is -2.86. The van der Waals surface area contributed by atoms with Crippen molar-refractivity contribution >= 4 is 17.6 Å². The average Bonchev–Trinajstić information content (AvgIpc) is 2.21. The lowest BCUT2D eigenvalue weighted by Gasteiger charge is -2.10. The van der Waals surface area contributed by atoms with Gasteiger partial charge in [-0.25, -0.2) is 18.6 Å². The Balaban J connectivity index is 3.28. The molecule has 3 nitrogen and oxygen atoms in total. The molecular weight excluding hydrogens is 240 g/mol. The highest BCUT2D eigenvalue weighted by atomic mass is 35.5. The maximum Gasteiger partial charge on any atom is 0.357 e. The van der Waals surface area contributed by atoms with Gasteiger partial charge >= 0.3 is 5.97 Å². The maximum atomic E-state index is 12.7. The van der Waals surface area contributed by atoms with E-state index in [2.05, 4.69) is 9.72 Å². The zero-order chi connectivity index (χ0) is 12.3. The van der Waals surface area contributed by atoms with Crippen molar-refractivity contribution in [3.63, 3.8) is 0 Å². The van der Waals surface area contributed by atoms with Crippen LogP contribution in [0, 0.1) is 6.92 Å². The van der Waals surface area contributed by atoms with Gasteiger partial charge in [0, 0.05) is 6.20 Å². The van der Waals surface area contributed by atoms with Gasteiger partial charge in [-0.1, -0.05) is 11.6 Å². The van der Waals surface area contributed by atoms with Crippen LogP contribution in [0.5, 0.6) is 0 Å². The minimum absolute atomic E-state index is 0.0920. The second-order valence-corrected chi connectivity index (χ2v) is 3.42. The topological polar surface area (TPSA) is 39.2 Å². The third-order valence-corrected chi connectivity index (χ3v) is 2.41. The molecular formula is C10H10ClF2NO2. The maximum absolute atomic E-state index is 12.7. The van der Waals surface area contributed by atoms with E-state index in [0.29, 0.717) is 5.56 Å². The predicted octanol–water partition coefficient (Wildman–Crippen LogP) is 3.16. The highest BCUT2D eigenvalue weighted by Crippen LogP contribution is 2.31. The summed E-state index contributed by atoms with van der Waals surface area (Å²) in [6, 6.07) is 0. The molecule has 1 rings (SSSR count). The summed E-state index contributed by atoms with van der Waals surface area (Å²) in [6.45, 7) is 3.21. The van der Waals surface area contributed by atoms with Crippen LogP contribution in [0.4, 0.5) is 8.78 Å². The van der Waals surface area contributed by atoms with Gasteiger partial charge in [0.25, 0.3) is 6.43 Å². The Hall–Kier alpha value is -1.23. The molecule has 0 N–H and O–H groups in total. The lowest BCUT2D eigenvalue weighted by molar-refractivity contribution is 0.0507. The summed E-state index contributed by atoms with van der Waals surface area (Å²) in [4.78, 5) is 15.0. The molecule has 0 aliphatic heterocycles. The first-order chi connectivity index (χ1) is 7.49. The number of rotatable bonds is 3. The first kappa shape index (κ1) is 12.8. The summed E-state index contributed by atoms with van der Waals surface area (Å²) in [6.07, 6.45) is -1.60. The predicted molar refractivity (Wildman–Crippen MR) is 54.9 cm³/mol. The van der Waals surface area contributed by atoms with E-state index in [1.807, 2.05) is 0 Å². The lowest BCUT2D eigenvalue weighted by atomic mass is 10.1. The van der Waals surface area contributed by atoms with E-state index in [1.54, 1.807) is 6.92 Å². The van der Waals surface area contributed by atoms with Crippen LogP contribution in [-0.4, -0.2) is 17.6 Å². The first-order valence-corrected chi connectivity index (χ1v) is 4.97. The minimum Gasteiger partial charge on any atom is -0.461 e. The van der Waals surface area contributed by atoms with E-state index in [4.69, 9.17) is 11.6 Å². The van der Waals surface area contributed by atoms with Crippen molar-refractivity contribution in [2.75, 3.05) is 6.61 Å². The molecule has 0 unspecified atom stereocenters. The lowest BCUT2D eigenvalue weighted by Crippen LogP contribution is -2.12. The second-order valence-electron chi connectivity index (χ2n) is 3.04. The fourth-order valence-electron chi connectivity index (χ4n) is 1.17. The smallest absolute Gasteiger partial charge is 0.357 e. The van der Waals surface area contributed by atoms with Crippen molar-refractivity contribution in [2.24, 2.45) is 0 Å². The van der Waals surface area contributed by atoms with Crippen molar-refractivity contribution < 1.29 is 18.3 Å². The molecule has 1 heterocycles. The van der Waals surface area contributed by atoms with E-state index in [-0.39, 0.29) is 11.6 Å². The molecule has 0 saturated heterocycles. The van der Waals surface area contributed by atoms with E-state index in [0.717, 1.165) is 0 Å². The Labute approximate surface area is 96.4 Å². The monoisotopic (exact) mass is 249 g/mol. The van der Waals surface area contributed by atoms with Crippen molar-refractivity contribution in [3.05, 3.63) is 28.0 Å². The number of ether oxygens (including phenoxy) is 1. The van der Waals surface area contributed by atoms with Crippen LogP contribution in [0.25, 0.3) is 0 Å². The molecule has 0 atom stereocenters. The van der Waals surface area contributed by atoms with Crippen LogP contribution in [-0.2, 0) is 4.74 Å².